The van der Waals surface area contributed by atoms with Crippen LogP contribution in [-0.4, -0.2) is 39.3 Å². The number of carbonyl (C=O) groups excluding carboxylic acids is 1. The molecule has 0 bridgehead atoms. The van der Waals surface area contributed by atoms with Gasteiger partial charge in [-0.1, -0.05) is 17.7 Å². The molecule has 8 heteroatoms. The fourth-order valence-corrected chi connectivity index (χ4v) is 3.66. The number of benzene rings is 2. The van der Waals surface area contributed by atoms with Gasteiger partial charge in [-0.25, -0.2) is 8.42 Å². The minimum atomic E-state index is -3.87. The second-order valence-corrected chi connectivity index (χ2v) is 7.92. The van der Waals surface area contributed by atoms with Gasteiger partial charge in [0.25, 0.3) is 0 Å². The summed E-state index contributed by atoms with van der Waals surface area (Å²) in [5, 5.41) is 3.17. The minimum Gasteiger partial charge on any atom is -0.495 e. The van der Waals surface area contributed by atoms with Gasteiger partial charge in [-0.05, 0) is 48.9 Å². The first kappa shape index (κ1) is 19.2. The summed E-state index contributed by atoms with van der Waals surface area (Å²) in [6.07, 6.45) is 0. The molecular weight excluding hydrogens is 364 g/mol. The minimum absolute atomic E-state index is 0.0248. The van der Waals surface area contributed by atoms with Gasteiger partial charge in [0.15, 0.2) is 0 Å². The highest BCUT2D eigenvalue weighted by atomic mass is 35.5. The molecule has 2 aromatic rings. The summed E-state index contributed by atoms with van der Waals surface area (Å²) in [6, 6.07) is 11.4. The molecule has 134 valence electrons. The molecule has 0 radical (unpaired) electrons. The van der Waals surface area contributed by atoms with Crippen molar-refractivity contribution in [2.45, 2.75) is 11.8 Å². The predicted octanol–water partition coefficient (Wildman–Crippen LogP) is 2.92. The Morgan fingerprint density at radius 1 is 1.20 bits per heavy atom. The summed E-state index contributed by atoms with van der Waals surface area (Å²) in [5.74, 6) is -0.226. The van der Waals surface area contributed by atoms with E-state index in [0.29, 0.717) is 10.7 Å². The lowest BCUT2D eigenvalue weighted by atomic mass is 10.2. The average Bonchev–Trinajstić information content (AvgIpc) is 2.56. The van der Waals surface area contributed by atoms with Gasteiger partial charge in [-0.2, -0.15) is 4.31 Å². The maximum absolute atomic E-state index is 12.7. The van der Waals surface area contributed by atoms with E-state index >= 15 is 0 Å². The van der Waals surface area contributed by atoms with Crippen LogP contribution in [0.4, 0.5) is 5.69 Å². The number of sulfonamides is 1. The number of anilines is 1. The molecule has 2 aromatic carbocycles. The van der Waals surface area contributed by atoms with E-state index in [1.165, 1.54) is 20.2 Å². The maximum Gasteiger partial charge on any atom is 0.246 e. The highest BCUT2D eigenvalue weighted by molar-refractivity contribution is 7.89. The number of nitrogens with one attached hydrogen (secondary N) is 1. The van der Waals surface area contributed by atoms with Crippen molar-refractivity contribution in [3.8, 4) is 5.75 Å². The molecule has 0 aliphatic rings. The Labute approximate surface area is 152 Å². The number of ether oxygens (including phenoxy) is 1. The summed E-state index contributed by atoms with van der Waals surface area (Å²) in [6.45, 7) is 1.45. The summed E-state index contributed by atoms with van der Waals surface area (Å²) < 4.78 is 31.6. The van der Waals surface area contributed by atoms with Crippen molar-refractivity contribution in [2.75, 3.05) is 26.0 Å². The lowest BCUT2D eigenvalue weighted by Crippen LogP contribution is -2.35. The van der Waals surface area contributed by atoms with Crippen LogP contribution < -0.4 is 10.1 Å². The quantitative estimate of drug-likeness (QED) is 0.833. The number of hydrogen-bond acceptors (Lipinski definition) is 4. The molecule has 0 heterocycles. The molecule has 0 fully saturated rings. The first-order valence-corrected chi connectivity index (χ1v) is 9.22. The monoisotopic (exact) mass is 382 g/mol. The van der Waals surface area contributed by atoms with E-state index in [9.17, 15) is 13.2 Å². The normalized spacial score (nSPS) is 11.4. The molecule has 0 spiro atoms. The van der Waals surface area contributed by atoms with Gasteiger partial charge in [0, 0.05) is 17.8 Å². The molecule has 0 aromatic heterocycles. The van der Waals surface area contributed by atoms with Crippen LogP contribution in [0.5, 0.6) is 5.75 Å². The van der Waals surface area contributed by atoms with E-state index in [4.69, 9.17) is 16.3 Å². The van der Waals surface area contributed by atoms with Crippen molar-refractivity contribution in [2.24, 2.45) is 0 Å². The third-order valence-corrected chi connectivity index (χ3v) is 5.58. The Balaban J connectivity index is 2.16. The molecule has 0 aliphatic heterocycles. The van der Waals surface area contributed by atoms with Crippen LogP contribution in [0.1, 0.15) is 5.56 Å². The Bertz CT molecular complexity index is 867. The fraction of sp³-hybridized carbons (Fsp3) is 0.235. The van der Waals surface area contributed by atoms with E-state index < -0.39 is 15.9 Å². The first-order chi connectivity index (χ1) is 11.7. The van der Waals surface area contributed by atoms with E-state index in [-0.39, 0.29) is 17.2 Å². The number of hydrogen-bond donors (Lipinski definition) is 1. The molecular formula is C17H19ClN2O4S. The van der Waals surface area contributed by atoms with E-state index in [1.54, 1.807) is 43.3 Å². The van der Waals surface area contributed by atoms with Crippen LogP contribution in [0.15, 0.2) is 47.4 Å². The number of carbonyl (C=O) groups is 1. The van der Waals surface area contributed by atoms with Gasteiger partial charge in [0.1, 0.15) is 10.6 Å². The third-order valence-electron chi connectivity index (χ3n) is 3.50. The summed E-state index contributed by atoms with van der Waals surface area (Å²) in [5.41, 5.74) is 1.31. The molecule has 1 amide bonds. The van der Waals surface area contributed by atoms with Crippen molar-refractivity contribution >= 4 is 33.2 Å². The van der Waals surface area contributed by atoms with Crippen LogP contribution in [0.2, 0.25) is 5.02 Å². The van der Waals surface area contributed by atoms with Gasteiger partial charge >= 0.3 is 0 Å². The van der Waals surface area contributed by atoms with Crippen molar-refractivity contribution in [1.29, 1.82) is 0 Å². The Kier molecular flexibility index (Phi) is 6.05. The van der Waals surface area contributed by atoms with Crippen LogP contribution >= 0.6 is 11.6 Å². The number of rotatable bonds is 6. The zero-order valence-electron chi connectivity index (χ0n) is 14.1. The zero-order valence-corrected chi connectivity index (χ0v) is 15.7. The van der Waals surface area contributed by atoms with Crippen LogP contribution in [-0.2, 0) is 14.8 Å². The van der Waals surface area contributed by atoms with Crippen LogP contribution in [0.3, 0.4) is 0 Å². The number of nitrogens with zero attached hydrogens (tertiary/aromatic N) is 1. The number of likely N-dealkylation sites (N-methyl/N-ethyl adjacent to an activating group) is 1. The standard InChI is InChI=1S/C17H19ClN2O4S/c1-12-4-9-15(24-3)16(10-12)25(22,23)20(2)11-17(21)19-14-7-5-13(18)6-8-14/h4-10H,11H2,1-3H3,(H,19,21). The number of aryl methyl sites for hydroxylation is 1. The Hall–Kier alpha value is -2.09. The van der Waals surface area contributed by atoms with Gasteiger partial charge in [-0.15, -0.1) is 0 Å². The zero-order chi connectivity index (χ0) is 18.6. The lowest BCUT2D eigenvalue weighted by Gasteiger charge is -2.19. The smallest absolute Gasteiger partial charge is 0.246 e. The van der Waals surface area contributed by atoms with Crippen LogP contribution in [0, 0.1) is 6.92 Å². The maximum atomic E-state index is 12.7. The number of methoxy groups -OCH3 is 1. The molecule has 0 atom stereocenters. The van der Waals surface area contributed by atoms with Gasteiger partial charge in [0.2, 0.25) is 15.9 Å². The molecule has 0 saturated heterocycles. The topological polar surface area (TPSA) is 75.7 Å². The molecule has 25 heavy (non-hydrogen) atoms. The molecule has 0 aliphatic carbocycles. The predicted molar refractivity (Wildman–Crippen MR) is 97.6 cm³/mol. The summed E-state index contributed by atoms with van der Waals surface area (Å²) in [7, 11) is -1.13. The first-order valence-electron chi connectivity index (χ1n) is 7.40. The Morgan fingerprint density at radius 2 is 1.84 bits per heavy atom. The second-order valence-electron chi connectivity index (χ2n) is 5.47. The van der Waals surface area contributed by atoms with Gasteiger partial charge < -0.3 is 10.1 Å². The van der Waals surface area contributed by atoms with E-state index in [1.807, 2.05) is 0 Å². The van der Waals surface area contributed by atoms with Crippen molar-refractivity contribution in [1.82, 2.24) is 4.31 Å². The summed E-state index contributed by atoms with van der Waals surface area (Å²) in [4.78, 5) is 12.2. The third kappa shape index (κ3) is 4.72. The van der Waals surface area contributed by atoms with Crippen molar-refractivity contribution in [3.63, 3.8) is 0 Å². The van der Waals surface area contributed by atoms with E-state index in [2.05, 4.69) is 5.32 Å². The van der Waals surface area contributed by atoms with Gasteiger partial charge in [-0.3, -0.25) is 4.79 Å². The highest BCUT2D eigenvalue weighted by Crippen LogP contribution is 2.27. The average molecular weight is 383 g/mol. The number of amides is 1. The molecule has 0 unspecified atom stereocenters. The molecule has 0 saturated carbocycles. The largest absolute Gasteiger partial charge is 0.495 e. The van der Waals surface area contributed by atoms with Crippen molar-refractivity contribution in [3.05, 3.63) is 53.1 Å². The second kappa shape index (κ2) is 7.86. The SMILES string of the molecule is COc1ccc(C)cc1S(=O)(=O)N(C)CC(=O)Nc1ccc(Cl)cc1. The molecule has 6 nitrogen and oxygen atoms in total. The molecule has 2 rings (SSSR count). The van der Waals surface area contributed by atoms with Gasteiger partial charge in [0.05, 0.1) is 13.7 Å². The van der Waals surface area contributed by atoms with Crippen LogP contribution in [0.25, 0.3) is 0 Å². The highest BCUT2D eigenvalue weighted by Gasteiger charge is 2.26. The van der Waals surface area contributed by atoms with Crippen molar-refractivity contribution < 1.29 is 17.9 Å². The molecule has 1 N–H and O–H groups in total. The fourth-order valence-electron chi connectivity index (χ4n) is 2.17. The summed E-state index contributed by atoms with van der Waals surface area (Å²) >= 11 is 5.79. The lowest BCUT2D eigenvalue weighted by molar-refractivity contribution is -0.116. The number of halogens is 1. The Morgan fingerprint density at radius 3 is 2.44 bits per heavy atom. The van der Waals surface area contributed by atoms with E-state index in [0.717, 1.165) is 9.87 Å².